The van der Waals surface area contributed by atoms with Crippen LogP contribution in [0.4, 0.5) is 0 Å². The lowest BCUT2D eigenvalue weighted by Gasteiger charge is -2.18. The van der Waals surface area contributed by atoms with Crippen molar-refractivity contribution in [2.24, 2.45) is 0 Å². The van der Waals surface area contributed by atoms with Crippen LogP contribution < -0.4 is 10.1 Å². The fourth-order valence-electron chi connectivity index (χ4n) is 2.59. The zero-order valence-electron chi connectivity index (χ0n) is 14.7. The predicted molar refractivity (Wildman–Crippen MR) is 98.8 cm³/mol. The van der Waals surface area contributed by atoms with E-state index in [9.17, 15) is 4.79 Å². The molecular weight excluding hydrogens is 322 g/mol. The molecule has 0 heterocycles. The van der Waals surface area contributed by atoms with Crippen molar-refractivity contribution < 1.29 is 9.53 Å². The summed E-state index contributed by atoms with van der Waals surface area (Å²) in [6.45, 7) is 7.94. The molecule has 0 spiro atoms. The maximum absolute atomic E-state index is 12.2. The average molecular weight is 346 g/mol. The first kappa shape index (κ1) is 18.3. The summed E-state index contributed by atoms with van der Waals surface area (Å²) in [5, 5.41) is 3.76. The van der Waals surface area contributed by atoms with E-state index >= 15 is 0 Å². The van der Waals surface area contributed by atoms with Gasteiger partial charge in [0.2, 0.25) is 0 Å². The molecule has 128 valence electrons. The minimum atomic E-state index is -0.132. The summed E-state index contributed by atoms with van der Waals surface area (Å²) in [5.41, 5.74) is 4.20. The molecular formula is C20H24ClNO2. The van der Waals surface area contributed by atoms with Gasteiger partial charge in [0.15, 0.2) is 6.61 Å². The molecule has 0 bridgehead atoms. The number of halogens is 1. The third kappa shape index (κ3) is 4.75. The van der Waals surface area contributed by atoms with Crippen LogP contribution >= 0.6 is 11.6 Å². The number of amides is 1. The predicted octanol–water partition coefficient (Wildman–Crippen LogP) is 4.91. The van der Waals surface area contributed by atoms with Crippen LogP contribution in [-0.2, 0) is 4.79 Å². The Kier molecular flexibility index (Phi) is 6.27. The van der Waals surface area contributed by atoms with Gasteiger partial charge in [0.05, 0.1) is 6.04 Å². The fraction of sp³-hybridized carbons (Fsp3) is 0.350. The zero-order chi connectivity index (χ0) is 17.7. The molecule has 1 atom stereocenters. The lowest BCUT2D eigenvalue weighted by atomic mass is 10.0. The first-order valence-corrected chi connectivity index (χ1v) is 8.54. The van der Waals surface area contributed by atoms with Gasteiger partial charge in [-0.3, -0.25) is 4.79 Å². The largest absolute Gasteiger partial charge is 0.484 e. The van der Waals surface area contributed by atoms with Gasteiger partial charge in [0, 0.05) is 5.02 Å². The van der Waals surface area contributed by atoms with E-state index < -0.39 is 0 Å². The van der Waals surface area contributed by atoms with Gasteiger partial charge >= 0.3 is 0 Å². The van der Waals surface area contributed by atoms with E-state index in [2.05, 4.69) is 36.5 Å². The number of aryl methyl sites for hydroxylation is 3. The SMILES string of the molecule is CC[C@H](NC(=O)COc1cc(C)c(Cl)c(C)c1)c1ccc(C)cc1. The second-order valence-corrected chi connectivity index (χ2v) is 6.48. The lowest BCUT2D eigenvalue weighted by molar-refractivity contribution is -0.123. The van der Waals surface area contributed by atoms with E-state index in [0.29, 0.717) is 5.75 Å². The Balaban J connectivity index is 1.96. The van der Waals surface area contributed by atoms with E-state index in [1.807, 2.05) is 32.9 Å². The molecule has 0 aliphatic heterocycles. The molecule has 0 saturated heterocycles. The van der Waals surface area contributed by atoms with Crippen molar-refractivity contribution in [3.05, 3.63) is 63.7 Å². The van der Waals surface area contributed by atoms with E-state index in [1.165, 1.54) is 5.56 Å². The van der Waals surface area contributed by atoms with Crippen LogP contribution in [0.15, 0.2) is 36.4 Å². The molecule has 3 nitrogen and oxygen atoms in total. The van der Waals surface area contributed by atoms with Gasteiger partial charge in [-0.05, 0) is 56.0 Å². The molecule has 0 aliphatic carbocycles. The van der Waals surface area contributed by atoms with E-state index in [-0.39, 0.29) is 18.6 Å². The Labute approximate surface area is 149 Å². The van der Waals surface area contributed by atoms with Gasteiger partial charge in [-0.1, -0.05) is 48.4 Å². The standard InChI is InChI=1S/C20H24ClNO2/c1-5-18(16-8-6-13(2)7-9-16)22-19(23)12-24-17-10-14(3)20(21)15(4)11-17/h6-11,18H,5,12H2,1-4H3,(H,22,23)/t18-/m0/s1. The number of benzene rings is 2. The number of rotatable bonds is 6. The molecule has 1 amide bonds. The van der Waals surface area contributed by atoms with E-state index in [0.717, 1.165) is 28.1 Å². The van der Waals surface area contributed by atoms with Gasteiger partial charge < -0.3 is 10.1 Å². The van der Waals surface area contributed by atoms with Gasteiger partial charge in [0.25, 0.3) is 5.91 Å². The smallest absolute Gasteiger partial charge is 0.258 e. The lowest BCUT2D eigenvalue weighted by Crippen LogP contribution is -2.32. The van der Waals surface area contributed by atoms with Gasteiger partial charge in [-0.25, -0.2) is 0 Å². The topological polar surface area (TPSA) is 38.3 Å². The molecule has 0 saturated carbocycles. The Bertz CT molecular complexity index is 687. The highest BCUT2D eigenvalue weighted by molar-refractivity contribution is 6.32. The number of carbonyl (C=O) groups excluding carboxylic acids is 1. The Morgan fingerprint density at radius 2 is 1.71 bits per heavy atom. The highest BCUT2D eigenvalue weighted by Gasteiger charge is 2.13. The summed E-state index contributed by atoms with van der Waals surface area (Å²) in [4.78, 5) is 12.2. The Morgan fingerprint density at radius 1 is 1.12 bits per heavy atom. The monoisotopic (exact) mass is 345 g/mol. The molecule has 0 unspecified atom stereocenters. The van der Waals surface area contributed by atoms with Crippen molar-refractivity contribution in [2.75, 3.05) is 6.61 Å². The second kappa shape index (κ2) is 8.20. The average Bonchev–Trinajstić information content (AvgIpc) is 2.56. The Morgan fingerprint density at radius 3 is 2.25 bits per heavy atom. The van der Waals surface area contributed by atoms with Crippen LogP contribution in [0.2, 0.25) is 5.02 Å². The van der Waals surface area contributed by atoms with Crippen molar-refractivity contribution in [3.8, 4) is 5.75 Å². The second-order valence-electron chi connectivity index (χ2n) is 6.10. The molecule has 0 fully saturated rings. The minimum absolute atomic E-state index is 0.00427. The molecule has 1 N–H and O–H groups in total. The van der Waals surface area contributed by atoms with Crippen molar-refractivity contribution >= 4 is 17.5 Å². The summed E-state index contributed by atoms with van der Waals surface area (Å²) >= 11 is 6.14. The number of hydrogen-bond acceptors (Lipinski definition) is 2. The molecule has 2 aromatic rings. The van der Waals surface area contributed by atoms with Gasteiger partial charge in [0.1, 0.15) is 5.75 Å². The van der Waals surface area contributed by atoms with E-state index in [4.69, 9.17) is 16.3 Å². The maximum Gasteiger partial charge on any atom is 0.258 e. The molecule has 4 heteroatoms. The molecule has 2 rings (SSSR count). The van der Waals surface area contributed by atoms with Crippen molar-refractivity contribution in [1.82, 2.24) is 5.32 Å². The summed E-state index contributed by atoms with van der Waals surface area (Å²) in [5.74, 6) is 0.528. The van der Waals surface area contributed by atoms with Crippen LogP contribution in [0.5, 0.6) is 5.75 Å². The quantitative estimate of drug-likeness (QED) is 0.807. The number of carbonyl (C=O) groups is 1. The summed E-state index contributed by atoms with van der Waals surface area (Å²) in [6, 6.07) is 11.9. The van der Waals surface area contributed by atoms with Crippen LogP contribution in [0, 0.1) is 20.8 Å². The Hall–Kier alpha value is -2.00. The summed E-state index contributed by atoms with van der Waals surface area (Å²) in [6.07, 6.45) is 0.827. The third-order valence-electron chi connectivity index (χ3n) is 4.00. The molecule has 0 aliphatic rings. The number of hydrogen-bond donors (Lipinski definition) is 1. The molecule has 24 heavy (non-hydrogen) atoms. The van der Waals surface area contributed by atoms with Crippen molar-refractivity contribution in [3.63, 3.8) is 0 Å². The maximum atomic E-state index is 12.2. The van der Waals surface area contributed by atoms with Crippen molar-refractivity contribution in [2.45, 2.75) is 40.2 Å². The number of nitrogens with one attached hydrogen (secondary N) is 1. The first-order valence-electron chi connectivity index (χ1n) is 8.16. The minimum Gasteiger partial charge on any atom is -0.484 e. The molecule has 0 aromatic heterocycles. The first-order chi connectivity index (χ1) is 11.4. The molecule has 0 radical (unpaired) electrons. The van der Waals surface area contributed by atoms with Crippen LogP contribution in [-0.4, -0.2) is 12.5 Å². The zero-order valence-corrected chi connectivity index (χ0v) is 15.4. The fourth-order valence-corrected chi connectivity index (χ4v) is 2.70. The van der Waals surface area contributed by atoms with Crippen LogP contribution in [0.25, 0.3) is 0 Å². The van der Waals surface area contributed by atoms with Crippen LogP contribution in [0.3, 0.4) is 0 Å². The molecule has 2 aromatic carbocycles. The summed E-state index contributed by atoms with van der Waals surface area (Å²) < 4.78 is 5.61. The van der Waals surface area contributed by atoms with Crippen molar-refractivity contribution in [1.29, 1.82) is 0 Å². The summed E-state index contributed by atoms with van der Waals surface area (Å²) in [7, 11) is 0. The highest BCUT2D eigenvalue weighted by Crippen LogP contribution is 2.25. The van der Waals surface area contributed by atoms with E-state index in [1.54, 1.807) is 0 Å². The third-order valence-corrected chi connectivity index (χ3v) is 4.60. The highest BCUT2D eigenvalue weighted by atomic mass is 35.5. The number of ether oxygens (including phenoxy) is 1. The van der Waals surface area contributed by atoms with Gasteiger partial charge in [-0.2, -0.15) is 0 Å². The van der Waals surface area contributed by atoms with Crippen LogP contribution in [0.1, 0.15) is 41.6 Å². The van der Waals surface area contributed by atoms with Gasteiger partial charge in [-0.15, -0.1) is 0 Å². The normalized spacial score (nSPS) is 11.9.